The molecule has 0 saturated heterocycles. The van der Waals surface area contributed by atoms with Crippen molar-refractivity contribution < 1.29 is 9.53 Å². The molecule has 100 valence electrons. The summed E-state index contributed by atoms with van der Waals surface area (Å²) in [7, 11) is 1.61. The molecule has 5 nitrogen and oxygen atoms in total. The lowest BCUT2D eigenvalue weighted by atomic mass is 9.98. The van der Waals surface area contributed by atoms with E-state index in [4.69, 9.17) is 16.3 Å². The third-order valence-corrected chi connectivity index (χ3v) is 2.90. The van der Waals surface area contributed by atoms with Crippen LogP contribution in [0.1, 0.15) is 30.9 Å². The van der Waals surface area contributed by atoms with Crippen molar-refractivity contribution in [2.75, 3.05) is 7.11 Å². The van der Waals surface area contributed by atoms with E-state index in [0.29, 0.717) is 12.3 Å². The fraction of sp³-hybridized carbons (Fsp3) is 0.462. The molecule has 0 spiro atoms. The minimum absolute atomic E-state index is 0.384. The van der Waals surface area contributed by atoms with E-state index in [2.05, 4.69) is 13.8 Å². The molecule has 1 aromatic carbocycles. The van der Waals surface area contributed by atoms with Gasteiger partial charge < -0.3 is 10.5 Å². The molecule has 0 aliphatic heterocycles. The molecule has 1 atom stereocenters. The number of hydrogen-bond donors (Lipinski definition) is 3. The van der Waals surface area contributed by atoms with Crippen LogP contribution in [0.2, 0.25) is 0 Å². The zero-order valence-electron chi connectivity index (χ0n) is 11.1. The average molecular weight is 251 g/mol. The van der Waals surface area contributed by atoms with E-state index in [1.807, 2.05) is 23.6 Å². The number of ether oxygens (including phenoxy) is 1. The number of carbonyl (C=O) groups is 1. The van der Waals surface area contributed by atoms with E-state index in [0.717, 1.165) is 11.3 Å². The maximum Gasteiger partial charge on any atom is 0.251 e. The van der Waals surface area contributed by atoms with Gasteiger partial charge in [0.05, 0.1) is 13.2 Å². The number of hydrazine groups is 1. The Balaban J connectivity index is 2.92. The molecule has 0 fully saturated rings. The van der Waals surface area contributed by atoms with E-state index in [1.165, 1.54) is 5.56 Å². The van der Waals surface area contributed by atoms with Gasteiger partial charge in [0, 0.05) is 6.42 Å². The van der Waals surface area contributed by atoms with E-state index in [1.54, 1.807) is 7.11 Å². The first kappa shape index (κ1) is 14.5. The molecule has 1 amide bonds. The van der Waals surface area contributed by atoms with Crippen LogP contribution < -0.4 is 21.7 Å². The molecule has 0 aromatic heterocycles. The SMILES string of the molecule is COc1cc(C(C)C)ccc1CC(N)C(=O)NN. The van der Waals surface area contributed by atoms with E-state index >= 15 is 0 Å². The molecule has 1 aromatic rings. The highest BCUT2D eigenvalue weighted by Gasteiger charge is 2.15. The van der Waals surface area contributed by atoms with Gasteiger partial charge in [0.15, 0.2) is 0 Å². The molecule has 0 aliphatic carbocycles. The Morgan fingerprint density at radius 1 is 1.44 bits per heavy atom. The van der Waals surface area contributed by atoms with Gasteiger partial charge in [0.25, 0.3) is 5.91 Å². The van der Waals surface area contributed by atoms with Gasteiger partial charge in [0.1, 0.15) is 5.75 Å². The quantitative estimate of drug-likeness (QED) is 0.408. The smallest absolute Gasteiger partial charge is 0.251 e. The van der Waals surface area contributed by atoms with Crippen molar-refractivity contribution in [2.45, 2.75) is 32.2 Å². The van der Waals surface area contributed by atoms with Gasteiger partial charge in [-0.05, 0) is 23.1 Å². The Bertz CT molecular complexity index is 419. The molecule has 5 N–H and O–H groups in total. The third kappa shape index (κ3) is 3.45. The standard InChI is InChI=1S/C13H21N3O2/c1-8(2)9-4-5-10(12(7-9)18-3)6-11(14)13(17)16-15/h4-5,7-8,11H,6,14-15H2,1-3H3,(H,16,17). The Morgan fingerprint density at radius 3 is 2.61 bits per heavy atom. The van der Waals surface area contributed by atoms with Crippen LogP contribution in [-0.4, -0.2) is 19.1 Å². The summed E-state index contributed by atoms with van der Waals surface area (Å²) in [5, 5.41) is 0. The Morgan fingerprint density at radius 2 is 2.11 bits per heavy atom. The number of carbonyl (C=O) groups excluding carboxylic acids is 1. The van der Waals surface area contributed by atoms with Crippen LogP contribution in [0.25, 0.3) is 0 Å². The first-order chi connectivity index (χ1) is 8.49. The normalized spacial score (nSPS) is 12.3. The van der Waals surface area contributed by atoms with Crippen LogP contribution in [-0.2, 0) is 11.2 Å². The lowest BCUT2D eigenvalue weighted by Gasteiger charge is -2.15. The van der Waals surface area contributed by atoms with Gasteiger partial charge in [-0.1, -0.05) is 26.0 Å². The van der Waals surface area contributed by atoms with Gasteiger partial charge in [-0.25, -0.2) is 5.84 Å². The minimum atomic E-state index is -0.672. The maximum atomic E-state index is 11.3. The summed E-state index contributed by atoms with van der Waals surface area (Å²) in [4.78, 5) is 11.3. The number of methoxy groups -OCH3 is 1. The van der Waals surface area contributed by atoms with Crippen molar-refractivity contribution in [1.82, 2.24) is 5.43 Å². The van der Waals surface area contributed by atoms with Crippen LogP contribution in [0.3, 0.4) is 0 Å². The minimum Gasteiger partial charge on any atom is -0.496 e. The first-order valence-corrected chi connectivity index (χ1v) is 5.92. The zero-order valence-corrected chi connectivity index (χ0v) is 11.1. The molecule has 0 saturated carbocycles. The summed E-state index contributed by atoms with van der Waals surface area (Å²) >= 11 is 0. The predicted octanol–water partition coefficient (Wildman–Crippen LogP) is 0.678. The first-order valence-electron chi connectivity index (χ1n) is 5.92. The van der Waals surface area contributed by atoms with Gasteiger partial charge in [-0.15, -0.1) is 0 Å². The lowest BCUT2D eigenvalue weighted by molar-refractivity contribution is -0.122. The second-order valence-corrected chi connectivity index (χ2v) is 4.55. The predicted molar refractivity (Wildman–Crippen MR) is 71.1 cm³/mol. The summed E-state index contributed by atoms with van der Waals surface area (Å²) in [6, 6.07) is 5.27. The highest BCUT2D eigenvalue weighted by atomic mass is 16.5. The summed E-state index contributed by atoms with van der Waals surface area (Å²) < 4.78 is 5.33. The van der Waals surface area contributed by atoms with Gasteiger partial charge >= 0.3 is 0 Å². The highest BCUT2D eigenvalue weighted by molar-refractivity contribution is 5.81. The molecular weight excluding hydrogens is 230 g/mol. The van der Waals surface area contributed by atoms with Crippen molar-refractivity contribution in [3.05, 3.63) is 29.3 Å². The van der Waals surface area contributed by atoms with Crippen LogP contribution in [0.4, 0.5) is 0 Å². The van der Waals surface area contributed by atoms with Crippen LogP contribution in [0.5, 0.6) is 5.75 Å². The molecule has 0 bridgehead atoms. The summed E-state index contributed by atoms with van der Waals surface area (Å²) in [6.07, 6.45) is 0.393. The Hall–Kier alpha value is -1.59. The van der Waals surface area contributed by atoms with Gasteiger partial charge in [0.2, 0.25) is 0 Å². The largest absolute Gasteiger partial charge is 0.496 e. The van der Waals surface area contributed by atoms with Crippen molar-refractivity contribution >= 4 is 5.91 Å². The average Bonchev–Trinajstić information content (AvgIpc) is 2.37. The number of nitrogens with two attached hydrogens (primary N) is 2. The molecule has 1 rings (SSSR count). The maximum absolute atomic E-state index is 11.3. The van der Waals surface area contributed by atoms with E-state index in [9.17, 15) is 4.79 Å². The van der Waals surface area contributed by atoms with Crippen molar-refractivity contribution in [3.8, 4) is 5.75 Å². The summed E-state index contributed by atoms with van der Waals surface area (Å²) in [5.74, 6) is 5.84. The third-order valence-electron chi connectivity index (χ3n) is 2.90. The molecule has 0 heterocycles. The van der Waals surface area contributed by atoms with Crippen LogP contribution in [0.15, 0.2) is 18.2 Å². The summed E-state index contributed by atoms with van der Waals surface area (Å²) in [6.45, 7) is 4.23. The van der Waals surface area contributed by atoms with E-state index in [-0.39, 0.29) is 5.91 Å². The monoisotopic (exact) mass is 251 g/mol. The zero-order chi connectivity index (χ0) is 13.7. The molecule has 1 unspecified atom stereocenters. The second kappa shape index (κ2) is 6.37. The van der Waals surface area contributed by atoms with Crippen LogP contribution >= 0.6 is 0 Å². The Labute approximate surface area is 107 Å². The molecular formula is C13H21N3O2. The van der Waals surface area contributed by atoms with Crippen LogP contribution in [0, 0.1) is 0 Å². The molecule has 0 radical (unpaired) electrons. The lowest BCUT2D eigenvalue weighted by Crippen LogP contribution is -2.45. The Kier molecular flexibility index (Phi) is 5.12. The number of rotatable bonds is 5. The molecule has 5 heteroatoms. The second-order valence-electron chi connectivity index (χ2n) is 4.55. The topological polar surface area (TPSA) is 90.4 Å². The number of nitrogens with one attached hydrogen (secondary N) is 1. The van der Waals surface area contributed by atoms with Gasteiger partial charge in [-0.3, -0.25) is 10.2 Å². The summed E-state index contributed by atoms with van der Waals surface area (Å²) in [5.41, 5.74) is 9.87. The highest BCUT2D eigenvalue weighted by Crippen LogP contribution is 2.25. The number of amides is 1. The fourth-order valence-corrected chi connectivity index (χ4v) is 1.73. The van der Waals surface area contributed by atoms with Crippen molar-refractivity contribution in [2.24, 2.45) is 11.6 Å². The van der Waals surface area contributed by atoms with Gasteiger partial charge in [-0.2, -0.15) is 0 Å². The van der Waals surface area contributed by atoms with Crippen molar-refractivity contribution in [3.63, 3.8) is 0 Å². The fourth-order valence-electron chi connectivity index (χ4n) is 1.73. The molecule has 18 heavy (non-hydrogen) atoms. The molecule has 0 aliphatic rings. The number of benzene rings is 1. The van der Waals surface area contributed by atoms with Crippen molar-refractivity contribution in [1.29, 1.82) is 0 Å². The number of hydrogen-bond acceptors (Lipinski definition) is 4. The van der Waals surface area contributed by atoms with E-state index < -0.39 is 6.04 Å².